The largest absolute Gasteiger partial charge is 0.369 e. The van der Waals surface area contributed by atoms with Gasteiger partial charge in [-0.2, -0.15) is 0 Å². The van der Waals surface area contributed by atoms with Crippen LogP contribution in [0.25, 0.3) is 0 Å². The summed E-state index contributed by atoms with van der Waals surface area (Å²) in [6.07, 6.45) is 3.98. The van der Waals surface area contributed by atoms with E-state index in [1.165, 1.54) is 12.1 Å². The number of nitrogens with zero attached hydrogens (tertiary/aromatic N) is 4. The van der Waals surface area contributed by atoms with Gasteiger partial charge < -0.3 is 20.0 Å². The minimum Gasteiger partial charge on any atom is -0.369 e. The van der Waals surface area contributed by atoms with Gasteiger partial charge in [-0.25, -0.2) is 4.98 Å². The normalized spacial score (nSPS) is 20.6. The van der Waals surface area contributed by atoms with E-state index in [0.29, 0.717) is 11.5 Å². The van der Waals surface area contributed by atoms with E-state index in [2.05, 4.69) is 58.3 Å². The molecule has 0 bridgehead atoms. The Labute approximate surface area is 173 Å². The number of piperidine rings is 1. The first-order chi connectivity index (χ1) is 14.1. The Kier molecular flexibility index (Phi) is 6.00. The number of carbonyl (C=O) groups excluding carboxylic acids is 1. The molecule has 6 heteroatoms. The fourth-order valence-electron chi connectivity index (χ4n) is 4.12. The van der Waals surface area contributed by atoms with E-state index >= 15 is 0 Å². The third-order valence-corrected chi connectivity index (χ3v) is 5.96. The molecule has 3 heterocycles. The molecule has 1 aromatic heterocycles. The summed E-state index contributed by atoms with van der Waals surface area (Å²) in [6, 6.07) is 12.2. The standard InChI is InChI=1S/C23H31N5O/c1-18-4-3-11-28(17-18)23(29)19-5-10-22(24-16-19)25-20-6-8-21(9-7-20)27-14-12-26(2)13-15-27/h5-10,16,18H,3-4,11-15,17H2,1-2H3,(H,24,25). The lowest BCUT2D eigenvalue weighted by molar-refractivity contribution is 0.0682. The van der Waals surface area contributed by atoms with Gasteiger partial charge in [-0.05, 0) is 62.2 Å². The molecule has 6 nitrogen and oxygen atoms in total. The smallest absolute Gasteiger partial charge is 0.255 e. The molecule has 2 aliphatic heterocycles. The Morgan fingerprint density at radius 3 is 2.45 bits per heavy atom. The Morgan fingerprint density at radius 1 is 1.03 bits per heavy atom. The molecule has 1 N–H and O–H groups in total. The predicted octanol–water partition coefficient (Wildman–Crippen LogP) is 3.45. The van der Waals surface area contributed by atoms with Crippen LogP contribution in [0.3, 0.4) is 0 Å². The van der Waals surface area contributed by atoms with Crippen LogP contribution in [0.4, 0.5) is 17.2 Å². The topological polar surface area (TPSA) is 51.7 Å². The number of rotatable bonds is 4. The minimum atomic E-state index is 0.0899. The predicted molar refractivity (Wildman–Crippen MR) is 118 cm³/mol. The highest BCUT2D eigenvalue weighted by molar-refractivity contribution is 5.94. The summed E-state index contributed by atoms with van der Waals surface area (Å²) < 4.78 is 0. The second-order valence-electron chi connectivity index (χ2n) is 8.39. The zero-order valence-electron chi connectivity index (χ0n) is 17.5. The molecule has 2 saturated heterocycles. The lowest BCUT2D eigenvalue weighted by atomic mass is 10.00. The molecular formula is C23H31N5O. The second-order valence-corrected chi connectivity index (χ2v) is 8.39. The van der Waals surface area contributed by atoms with Crippen LogP contribution in [0, 0.1) is 5.92 Å². The van der Waals surface area contributed by atoms with E-state index in [1.54, 1.807) is 6.20 Å². The van der Waals surface area contributed by atoms with Crippen molar-refractivity contribution in [1.29, 1.82) is 0 Å². The Balaban J connectivity index is 1.35. The highest BCUT2D eigenvalue weighted by Crippen LogP contribution is 2.22. The number of piperazine rings is 1. The van der Waals surface area contributed by atoms with E-state index in [4.69, 9.17) is 0 Å². The van der Waals surface area contributed by atoms with Gasteiger partial charge >= 0.3 is 0 Å². The van der Waals surface area contributed by atoms with Crippen LogP contribution in [0.2, 0.25) is 0 Å². The molecule has 29 heavy (non-hydrogen) atoms. The molecule has 0 aliphatic carbocycles. The van der Waals surface area contributed by atoms with Crippen LogP contribution in [0.5, 0.6) is 0 Å². The third-order valence-electron chi connectivity index (χ3n) is 5.96. The Hall–Kier alpha value is -2.60. The number of benzene rings is 1. The molecular weight excluding hydrogens is 362 g/mol. The van der Waals surface area contributed by atoms with Gasteiger partial charge in [0.05, 0.1) is 5.56 Å². The van der Waals surface area contributed by atoms with Gasteiger partial charge in [0.15, 0.2) is 0 Å². The SMILES string of the molecule is CC1CCCN(C(=O)c2ccc(Nc3ccc(N4CCN(C)CC4)cc3)nc2)C1. The Bertz CT molecular complexity index is 812. The zero-order chi connectivity index (χ0) is 20.2. The molecule has 0 spiro atoms. The Morgan fingerprint density at radius 2 is 1.79 bits per heavy atom. The lowest BCUT2D eigenvalue weighted by Gasteiger charge is -2.34. The van der Waals surface area contributed by atoms with Gasteiger partial charge in [0.25, 0.3) is 5.91 Å². The number of carbonyl (C=O) groups is 1. The molecule has 154 valence electrons. The van der Waals surface area contributed by atoms with Gasteiger partial charge in [0.2, 0.25) is 0 Å². The van der Waals surface area contributed by atoms with Gasteiger partial charge in [-0.15, -0.1) is 0 Å². The molecule has 1 atom stereocenters. The van der Waals surface area contributed by atoms with Crippen molar-refractivity contribution in [2.45, 2.75) is 19.8 Å². The summed E-state index contributed by atoms with van der Waals surface area (Å²) in [5.74, 6) is 1.42. The number of anilines is 3. The number of hydrogen-bond acceptors (Lipinski definition) is 5. The van der Waals surface area contributed by atoms with Crippen molar-refractivity contribution in [2.75, 3.05) is 56.5 Å². The summed E-state index contributed by atoms with van der Waals surface area (Å²) in [5, 5.41) is 3.33. The fraction of sp³-hybridized carbons (Fsp3) is 0.478. The number of pyridine rings is 1. The maximum absolute atomic E-state index is 12.7. The van der Waals surface area contributed by atoms with Crippen molar-refractivity contribution in [2.24, 2.45) is 5.92 Å². The van der Waals surface area contributed by atoms with Crippen molar-refractivity contribution in [3.05, 3.63) is 48.2 Å². The summed E-state index contributed by atoms with van der Waals surface area (Å²) in [7, 11) is 2.17. The highest BCUT2D eigenvalue weighted by atomic mass is 16.2. The molecule has 1 unspecified atom stereocenters. The number of nitrogens with one attached hydrogen (secondary N) is 1. The highest BCUT2D eigenvalue weighted by Gasteiger charge is 2.22. The van der Waals surface area contributed by atoms with Crippen LogP contribution in [0.1, 0.15) is 30.1 Å². The first-order valence-corrected chi connectivity index (χ1v) is 10.6. The quantitative estimate of drug-likeness (QED) is 0.862. The average Bonchev–Trinajstić information content (AvgIpc) is 2.75. The van der Waals surface area contributed by atoms with Crippen LogP contribution in [-0.2, 0) is 0 Å². The zero-order valence-corrected chi connectivity index (χ0v) is 17.5. The maximum atomic E-state index is 12.7. The first kappa shape index (κ1) is 19.7. The fourth-order valence-corrected chi connectivity index (χ4v) is 4.12. The summed E-state index contributed by atoms with van der Waals surface area (Å²) in [6.45, 7) is 8.24. The molecule has 4 rings (SSSR count). The molecule has 1 aromatic carbocycles. The van der Waals surface area contributed by atoms with Crippen LogP contribution in [0.15, 0.2) is 42.6 Å². The molecule has 1 amide bonds. The number of amides is 1. The van der Waals surface area contributed by atoms with Crippen molar-refractivity contribution in [1.82, 2.24) is 14.8 Å². The van der Waals surface area contributed by atoms with E-state index in [-0.39, 0.29) is 5.91 Å². The monoisotopic (exact) mass is 393 g/mol. The molecule has 2 aliphatic rings. The average molecular weight is 394 g/mol. The maximum Gasteiger partial charge on any atom is 0.255 e. The number of aromatic nitrogens is 1. The van der Waals surface area contributed by atoms with E-state index in [1.807, 2.05) is 17.0 Å². The molecule has 2 aromatic rings. The number of likely N-dealkylation sites (N-methyl/N-ethyl adjacent to an activating group) is 1. The van der Waals surface area contributed by atoms with Crippen molar-refractivity contribution in [3.63, 3.8) is 0 Å². The van der Waals surface area contributed by atoms with Crippen LogP contribution in [-0.4, -0.2) is 67.0 Å². The molecule has 0 saturated carbocycles. The minimum absolute atomic E-state index is 0.0899. The van der Waals surface area contributed by atoms with Gasteiger partial charge in [0, 0.05) is 56.8 Å². The van der Waals surface area contributed by atoms with Gasteiger partial charge in [-0.1, -0.05) is 6.92 Å². The number of hydrogen-bond donors (Lipinski definition) is 1. The van der Waals surface area contributed by atoms with Crippen LogP contribution >= 0.6 is 0 Å². The lowest BCUT2D eigenvalue weighted by Crippen LogP contribution is -2.44. The third kappa shape index (κ3) is 4.88. The summed E-state index contributed by atoms with van der Waals surface area (Å²) in [4.78, 5) is 23.9. The van der Waals surface area contributed by atoms with Crippen molar-refractivity contribution < 1.29 is 4.79 Å². The van der Waals surface area contributed by atoms with Gasteiger partial charge in [-0.3, -0.25) is 4.79 Å². The van der Waals surface area contributed by atoms with Crippen LogP contribution < -0.4 is 10.2 Å². The summed E-state index contributed by atoms with van der Waals surface area (Å²) in [5.41, 5.74) is 2.92. The molecule has 2 fully saturated rings. The first-order valence-electron chi connectivity index (χ1n) is 10.6. The van der Waals surface area contributed by atoms with E-state index in [9.17, 15) is 4.79 Å². The van der Waals surface area contributed by atoms with Crippen molar-refractivity contribution in [3.8, 4) is 0 Å². The van der Waals surface area contributed by atoms with E-state index in [0.717, 1.165) is 57.2 Å². The summed E-state index contributed by atoms with van der Waals surface area (Å²) >= 11 is 0. The van der Waals surface area contributed by atoms with E-state index < -0.39 is 0 Å². The number of likely N-dealkylation sites (tertiary alicyclic amines) is 1. The van der Waals surface area contributed by atoms with Crippen molar-refractivity contribution >= 4 is 23.1 Å². The van der Waals surface area contributed by atoms with Gasteiger partial charge in [0.1, 0.15) is 5.82 Å². The second kappa shape index (κ2) is 8.82. The molecule has 0 radical (unpaired) electrons.